The molecule has 0 aliphatic heterocycles. The first-order valence-electron chi connectivity index (χ1n) is 7.47. The van der Waals surface area contributed by atoms with Crippen LogP contribution in [-0.4, -0.2) is 10.2 Å². The van der Waals surface area contributed by atoms with E-state index in [-0.39, 0.29) is 5.82 Å². The molecule has 0 aliphatic carbocycles. The van der Waals surface area contributed by atoms with Crippen molar-refractivity contribution in [3.05, 3.63) is 57.7 Å². The standard InChI is InChI=1S/C18H23FN2/c1-11(2)18-14(5)13(4)17(20-21-18)7-6-15-8-12(3)9-16(19)10-15/h8-11H,6-7H2,1-5H3. The first-order valence-corrected chi connectivity index (χ1v) is 7.47. The van der Waals surface area contributed by atoms with Gasteiger partial charge in [-0.15, -0.1) is 0 Å². The largest absolute Gasteiger partial charge is 0.207 e. The Labute approximate surface area is 126 Å². The topological polar surface area (TPSA) is 25.8 Å². The normalized spacial score (nSPS) is 11.2. The molecule has 0 unspecified atom stereocenters. The molecule has 0 spiro atoms. The number of aromatic nitrogens is 2. The Hall–Kier alpha value is -1.77. The Balaban J connectivity index is 2.19. The van der Waals surface area contributed by atoms with Crippen molar-refractivity contribution in [2.75, 3.05) is 0 Å². The molecular weight excluding hydrogens is 263 g/mol. The molecule has 0 bridgehead atoms. The van der Waals surface area contributed by atoms with Crippen LogP contribution in [0.15, 0.2) is 18.2 Å². The van der Waals surface area contributed by atoms with Crippen LogP contribution in [0.2, 0.25) is 0 Å². The second-order valence-corrected chi connectivity index (χ2v) is 6.07. The van der Waals surface area contributed by atoms with Crippen LogP contribution in [-0.2, 0) is 12.8 Å². The lowest BCUT2D eigenvalue weighted by Crippen LogP contribution is -2.07. The molecule has 0 N–H and O–H groups in total. The molecule has 1 heterocycles. The number of hydrogen-bond donors (Lipinski definition) is 0. The van der Waals surface area contributed by atoms with Gasteiger partial charge in [0.15, 0.2) is 0 Å². The second-order valence-electron chi connectivity index (χ2n) is 6.07. The van der Waals surface area contributed by atoms with E-state index in [0.29, 0.717) is 5.92 Å². The molecule has 0 atom stereocenters. The maximum absolute atomic E-state index is 13.4. The average Bonchev–Trinajstić information content (AvgIpc) is 2.39. The molecule has 112 valence electrons. The number of rotatable bonds is 4. The summed E-state index contributed by atoms with van der Waals surface area (Å²) in [6, 6.07) is 5.18. The number of aryl methyl sites for hydroxylation is 3. The smallest absolute Gasteiger partial charge is 0.123 e. The van der Waals surface area contributed by atoms with Crippen molar-refractivity contribution in [3.8, 4) is 0 Å². The third-order valence-corrected chi connectivity index (χ3v) is 3.96. The molecule has 2 rings (SSSR count). The second kappa shape index (κ2) is 6.33. The molecule has 2 nitrogen and oxygen atoms in total. The van der Waals surface area contributed by atoms with E-state index in [4.69, 9.17) is 0 Å². The lowest BCUT2D eigenvalue weighted by atomic mass is 9.98. The zero-order valence-electron chi connectivity index (χ0n) is 13.5. The fraction of sp³-hybridized carbons (Fsp3) is 0.444. The number of nitrogens with zero attached hydrogens (tertiary/aromatic N) is 2. The SMILES string of the molecule is Cc1cc(F)cc(CCc2nnc(C(C)C)c(C)c2C)c1. The molecule has 0 radical (unpaired) electrons. The quantitative estimate of drug-likeness (QED) is 0.830. The molecule has 0 saturated heterocycles. The highest BCUT2D eigenvalue weighted by Crippen LogP contribution is 2.21. The summed E-state index contributed by atoms with van der Waals surface area (Å²) >= 11 is 0. The van der Waals surface area contributed by atoms with Gasteiger partial charge in [0.2, 0.25) is 0 Å². The highest BCUT2D eigenvalue weighted by Gasteiger charge is 2.12. The van der Waals surface area contributed by atoms with Crippen LogP contribution in [0.25, 0.3) is 0 Å². The number of hydrogen-bond acceptors (Lipinski definition) is 2. The summed E-state index contributed by atoms with van der Waals surface area (Å²) in [5.74, 6) is 0.218. The molecule has 3 heteroatoms. The van der Waals surface area contributed by atoms with Crippen LogP contribution in [0.4, 0.5) is 4.39 Å². The van der Waals surface area contributed by atoms with Gasteiger partial charge >= 0.3 is 0 Å². The van der Waals surface area contributed by atoms with Gasteiger partial charge in [-0.1, -0.05) is 19.9 Å². The van der Waals surface area contributed by atoms with Crippen molar-refractivity contribution in [3.63, 3.8) is 0 Å². The van der Waals surface area contributed by atoms with Gasteiger partial charge in [0.1, 0.15) is 5.82 Å². The van der Waals surface area contributed by atoms with Gasteiger partial charge < -0.3 is 0 Å². The van der Waals surface area contributed by atoms with E-state index >= 15 is 0 Å². The van der Waals surface area contributed by atoms with Crippen LogP contribution in [0.5, 0.6) is 0 Å². The average molecular weight is 286 g/mol. The van der Waals surface area contributed by atoms with Crippen molar-refractivity contribution >= 4 is 0 Å². The first kappa shape index (κ1) is 15.6. The van der Waals surface area contributed by atoms with Crippen LogP contribution < -0.4 is 0 Å². The van der Waals surface area contributed by atoms with Crippen LogP contribution >= 0.6 is 0 Å². The molecule has 2 aromatic rings. The fourth-order valence-electron chi connectivity index (χ4n) is 2.68. The minimum Gasteiger partial charge on any atom is -0.207 e. The Morgan fingerprint density at radius 3 is 2.29 bits per heavy atom. The third kappa shape index (κ3) is 3.66. The van der Waals surface area contributed by atoms with E-state index in [1.165, 1.54) is 11.1 Å². The first-order chi connectivity index (χ1) is 9.88. The maximum atomic E-state index is 13.4. The summed E-state index contributed by atoms with van der Waals surface area (Å²) in [5.41, 5.74) is 6.49. The summed E-state index contributed by atoms with van der Waals surface area (Å²) in [5, 5.41) is 8.74. The van der Waals surface area contributed by atoms with Gasteiger partial charge in [-0.3, -0.25) is 0 Å². The molecule has 1 aromatic heterocycles. The summed E-state index contributed by atoms with van der Waals surface area (Å²) in [4.78, 5) is 0. The van der Waals surface area contributed by atoms with Crippen molar-refractivity contribution in [1.29, 1.82) is 0 Å². The summed E-state index contributed by atoms with van der Waals surface area (Å²) < 4.78 is 13.4. The summed E-state index contributed by atoms with van der Waals surface area (Å²) in [6.45, 7) is 10.4. The third-order valence-electron chi connectivity index (χ3n) is 3.96. The molecule has 21 heavy (non-hydrogen) atoms. The Morgan fingerprint density at radius 2 is 1.67 bits per heavy atom. The van der Waals surface area contributed by atoms with Gasteiger partial charge in [-0.2, -0.15) is 10.2 Å². The van der Waals surface area contributed by atoms with E-state index in [2.05, 4.69) is 37.9 Å². The minimum absolute atomic E-state index is 0.167. The van der Waals surface area contributed by atoms with E-state index in [1.54, 1.807) is 12.1 Å². The lowest BCUT2D eigenvalue weighted by molar-refractivity contribution is 0.623. The molecule has 1 aromatic carbocycles. The van der Waals surface area contributed by atoms with Crippen LogP contribution in [0, 0.1) is 26.6 Å². The van der Waals surface area contributed by atoms with Gasteiger partial charge in [0.25, 0.3) is 0 Å². The summed E-state index contributed by atoms with van der Waals surface area (Å²) in [7, 11) is 0. The van der Waals surface area contributed by atoms with Crippen molar-refractivity contribution < 1.29 is 4.39 Å². The Morgan fingerprint density at radius 1 is 0.952 bits per heavy atom. The zero-order chi connectivity index (χ0) is 15.6. The molecular formula is C18H23FN2. The molecule has 0 aliphatic rings. The van der Waals surface area contributed by atoms with Crippen LogP contribution in [0.1, 0.15) is 53.4 Å². The lowest BCUT2D eigenvalue weighted by Gasteiger charge is -2.13. The van der Waals surface area contributed by atoms with Crippen molar-refractivity contribution in [1.82, 2.24) is 10.2 Å². The predicted molar refractivity (Wildman–Crippen MR) is 84.1 cm³/mol. The Kier molecular flexibility index (Phi) is 4.71. The number of halogens is 1. The molecule has 0 fully saturated rings. The van der Waals surface area contributed by atoms with Gasteiger partial charge in [-0.25, -0.2) is 4.39 Å². The fourth-order valence-corrected chi connectivity index (χ4v) is 2.68. The minimum atomic E-state index is -0.167. The number of benzene rings is 1. The van der Waals surface area contributed by atoms with Gasteiger partial charge in [0, 0.05) is 0 Å². The molecule has 0 saturated carbocycles. The van der Waals surface area contributed by atoms with E-state index in [0.717, 1.165) is 35.4 Å². The van der Waals surface area contributed by atoms with E-state index in [1.807, 2.05) is 13.0 Å². The van der Waals surface area contributed by atoms with E-state index in [9.17, 15) is 4.39 Å². The predicted octanol–water partition coefficient (Wildman–Crippen LogP) is 4.45. The van der Waals surface area contributed by atoms with E-state index < -0.39 is 0 Å². The highest BCUT2D eigenvalue weighted by atomic mass is 19.1. The monoisotopic (exact) mass is 286 g/mol. The highest BCUT2D eigenvalue weighted by molar-refractivity contribution is 5.33. The molecule has 0 amide bonds. The Bertz CT molecular complexity index is 628. The van der Waals surface area contributed by atoms with Gasteiger partial charge in [0.05, 0.1) is 11.4 Å². The summed E-state index contributed by atoms with van der Waals surface area (Å²) in [6.07, 6.45) is 1.58. The zero-order valence-corrected chi connectivity index (χ0v) is 13.5. The van der Waals surface area contributed by atoms with Crippen molar-refractivity contribution in [2.24, 2.45) is 0 Å². The maximum Gasteiger partial charge on any atom is 0.123 e. The van der Waals surface area contributed by atoms with Crippen LogP contribution in [0.3, 0.4) is 0 Å². The van der Waals surface area contributed by atoms with Crippen molar-refractivity contribution in [2.45, 2.75) is 53.4 Å². The van der Waals surface area contributed by atoms with Gasteiger partial charge in [-0.05, 0) is 73.9 Å².